The van der Waals surface area contributed by atoms with Gasteiger partial charge >= 0.3 is 0 Å². The van der Waals surface area contributed by atoms with Crippen LogP contribution >= 0.6 is 0 Å². The van der Waals surface area contributed by atoms with Gasteiger partial charge in [0.2, 0.25) is 0 Å². The smallest absolute Gasteiger partial charge is 0.251 e. The first kappa shape index (κ1) is 9.33. The number of benzene rings is 1. The highest BCUT2D eigenvalue weighted by Gasteiger charge is 2.28. The molecule has 0 saturated heterocycles. The largest absolute Gasteiger partial charge is 0.310 e. The van der Waals surface area contributed by atoms with Gasteiger partial charge in [-0.2, -0.15) is 0 Å². The Labute approximate surface area is 93.2 Å². The highest BCUT2D eigenvalue weighted by atomic mass is 16.1. The fraction of sp³-hybridized carbons (Fsp3) is 0.231. The van der Waals surface area contributed by atoms with Crippen molar-refractivity contribution in [1.29, 1.82) is 0 Å². The van der Waals surface area contributed by atoms with Crippen LogP contribution in [0.25, 0.3) is 0 Å². The van der Waals surface area contributed by atoms with Crippen molar-refractivity contribution >= 4 is 0 Å². The van der Waals surface area contributed by atoms with E-state index in [1.165, 1.54) is 17.2 Å². The molecule has 1 aromatic carbocycles. The Bertz CT molecular complexity index is 601. The van der Waals surface area contributed by atoms with Crippen LogP contribution in [0.3, 0.4) is 0 Å². The van der Waals surface area contributed by atoms with Crippen LogP contribution in [0, 0.1) is 6.92 Å². The number of H-pyrrole nitrogens is 1. The Balaban J connectivity index is 2.05. The number of rotatable bonds is 1. The number of aromatic nitrogens is 2. The van der Waals surface area contributed by atoms with Crippen molar-refractivity contribution < 1.29 is 0 Å². The van der Waals surface area contributed by atoms with E-state index in [9.17, 15) is 4.79 Å². The molecule has 0 aliphatic heterocycles. The van der Waals surface area contributed by atoms with Crippen molar-refractivity contribution in [3.05, 3.63) is 63.3 Å². The average Bonchev–Trinajstić information content (AvgIpc) is 2.18. The molecule has 0 fully saturated rings. The lowest BCUT2D eigenvalue weighted by atomic mass is 9.77. The third-order valence-corrected chi connectivity index (χ3v) is 3.07. The van der Waals surface area contributed by atoms with E-state index in [1.54, 1.807) is 0 Å². The van der Waals surface area contributed by atoms with Crippen molar-refractivity contribution in [2.45, 2.75) is 19.3 Å². The topological polar surface area (TPSA) is 45.8 Å². The quantitative estimate of drug-likeness (QED) is 0.783. The summed E-state index contributed by atoms with van der Waals surface area (Å²) < 4.78 is 0. The van der Waals surface area contributed by atoms with Crippen molar-refractivity contribution in [2.75, 3.05) is 0 Å². The molecule has 0 bridgehead atoms. The second kappa shape index (κ2) is 3.30. The summed E-state index contributed by atoms with van der Waals surface area (Å²) in [6, 6.07) is 9.82. The predicted molar refractivity (Wildman–Crippen MR) is 61.6 cm³/mol. The number of hydrogen-bond donors (Lipinski definition) is 1. The van der Waals surface area contributed by atoms with Crippen molar-refractivity contribution in [1.82, 2.24) is 9.97 Å². The molecule has 1 aliphatic rings. The fourth-order valence-corrected chi connectivity index (χ4v) is 2.27. The van der Waals surface area contributed by atoms with Gasteiger partial charge in [-0.15, -0.1) is 0 Å². The zero-order valence-electron chi connectivity index (χ0n) is 9.03. The van der Waals surface area contributed by atoms with E-state index in [1.807, 2.05) is 19.1 Å². The van der Waals surface area contributed by atoms with Crippen LogP contribution in [-0.4, -0.2) is 9.97 Å². The molecule has 0 spiro atoms. The minimum absolute atomic E-state index is 0.0631. The number of aromatic amines is 1. The molecule has 1 N–H and O–H groups in total. The summed E-state index contributed by atoms with van der Waals surface area (Å²) in [5.74, 6) is 1.06. The van der Waals surface area contributed by atoms with E-state index >= 15 is 0 Å². The molecule has 80 valence electrons. The summed E-state index contributed by atoms with van der Waals surface area (Å²) in [6.07, 6.45) is 0.975. The molecule has 16 heavy (non-hydrogen) atoms. The lowest BCUT2D eigenvalue weighted by molar-refractivity contribution is 0.652. The van der Waals surface area contributed by atoms with Crippen LogP contribution in [0.2, 0.25) is 0 Å². The van der Waals surface area contributed by atoms with E-state index in [0.29, 0.717) is 0 Å². The minimum atomic E-state index is -0.0631. The summed E-state index contributed by atoms with van der Waals surface area (Å²) in [5, 5.41) is 0. The molecule has 3 heteroatoms. The van der Waals surface area contributed by atoms with Crippen molar-refractivity contribution in [3.8, 4) is 0 Å². The molecule has 1 unspecified atom stereocenters. The van der Waals surface area contributed by atoms with Crippen molar-refractivity contribution in [3.63, 3.8) is 0 Å². The Morgan fingerprint density at radius 1 is 1.38 bits per heavy atom. The van der Waals surface area contributed by atoms with Crippen LogP contribution < -0.4 is 5.56 Å². The Kier molecular flexibility index (Phi) is 1.93. The van der Waals surface area contributed by atoms with E-state index in [-0.39, 0.29) is 11.5 Å². The number of fused-ring (bicyclic) bond motifs is 1. The highest BCUT2D eigenvalue weighted by Crippen LogP contribution is 2.37. The van der Waals surface area contributed by atoms with Crippen LogP contribution in [0.5, 0.6) is 0 Å². The molecular formula is C13H12N2O. The molecule has 2 aromatic rings. The molecule has 1 aromatic heterocycles. The SMILES string of the molecule is Cc1cc(=O)[nH]c(C2Cc3ccccc32)n1. The number of hydrogen-bond acceptors (Lipinski definition) is 2. The van der Waals surface area contributed by atoms with E-state index in [2.05, 4.69) is 22.1 Å². The molecule has 0 radical (unpaired) electrons. The van der Waals surface area contributed by atoms with Gasteiger partial charge in [0.15, 0.2) is 0 Å². The first-order chi connectivity index (χ1) is 7.74. The molecule has 3 nitrogen and oxygen atoms in total. The molecule has 3 rings (SSSR count). The first-order valence-corrected chi connectivity index (χ1v) is 5.40. The summed E-state index contributed by atoms with van der Waals surface area (Å²) in [5.41, 5.74) is 3.36. The minimum Gasteiger partial charge on any atom is -0.310 e. The normalized spacial score (nSPS) is 17.7. The molecule has 1 heterocycles. The lowest BCUT2D eigenvalue weighted by Crippen LogP contribution is -2.23. The maximum atomic E-state index is 11.4. The fourth-order valence-electron chi connectivity index (χ4n) is 2.27. The highest BCUT2D eigenvalue weighted by molar-refractivity contribution is 5.43. The third-order valence-electron chi connectivity index (χ3n) is 3.07. The van der Waals surface area contributed by atoms with E-state index in [4.69, 9.17) is 0 Å². The number of nitrogens with one attached hydrogen (secondary N) is 1. The van der Waals surface area contributed by atoms with Gasteiger partial charge < -0.3 is 4.98 Å². The van der Waals surface area contributed by atoms with Crippen LogP contribution in [0.15, 0.2) is 35.1 Å². The van der Waals surface area contributed by atoms with Gasteiger partial charge in [-0.1, -0.05) is 24.3 Å². The Morgan fingerprint density at radius 2 is 2.19 bits per heavy atom. The van der Waals surface area contributed by atoms with Crippen LogP contribution in [0.4, 0.5) is 0 Å². The van der Waals surface area contributed by atoms with Crippen molar-refractivity contribution in [2.24, 2.45) is 0 Å². The summed E-state index contributed by atoms with van der Waals surface area (Å²) in [7, 11) is 0. The standard InChI is InChI=1S/C13H12N2O/c1-8-6-12(16)15-13(14-8)11-7-9-4-2-3-5-10(9)11/h2-6,11H,7H2,1H3,(H,14,15,16). The third kappa shape index (κ3) is 1.36. The maximum Gasteiger partial charge on any atom is 0.251 e. The van der Waals surface area contributed by atoms with Gasteiger partial charge in [-0.25, -0.2) is 4.98 Å². The van der Waals surface area contributed by atoms with Gasteiger partial charge in [0, 0.05) is 17.7 Å². The van der Waals surface area contributed by atoms with E-state index < -0.39 is 0 Å². The van der Waals surface area contributed by atoms with Crippen LogP contribution in [-0.2, 0) is 6.42 Å². The summed E-state index contributed by atoms with van der Waals surface area (Å²) >= 11 is 0. The first-order valence-electron chi connectivity index (χ1n) is 5.40. The predicted octanol–water partition coefficient (Wildman–Crippen LogP) is 1.77. The molecule has 0 amide bonds. The molecule has 1 atom stereocenters. The Morgan fingerprint density at radius 3 is 2.94 bits per heavy atom. The number of nitrogens with zero attached hydrogens (tertiary/aromatic N) is 1. The lowest BCUT2D eigenvalue weighted by Gasteiger charge is -2.29. The van der Waals surface area contributed by atoms with Gasteiger partial charge in [-0.3, -0.25) is 4.79 Å². The zero-order chi connectivity index (χ0) is 11.1. The summed E-state index contributed by atoms with van der Waals surface area (Å²) in [4.78, 5) is 18.6. The van der Waals surface area contributed by atoms with E-state index in [0.717, 1.165) is 17.9 Å². The second-order valence-corrected chi connectivity index (χ2v) is 4.23. The van der Waals surface area contributed by atoms with Crippen LogP contribution in [0.1, 0.15) is 28.6 Å². The Hall–Kier alpha value is -1.90. The molecule has 1 aliphatic carbocycles. The van der Waals surface area contributed by atoms with Gasteiger partial charge in [0.1, 0.15) is 5.82 Å². The monoisotopic (exact) mass is 212 g/mol. The average molecular weight is 212 g/mol. The van der Waals surface area contributed by atoms with Gasteiger partial charge in [-0.05, 0) is 24.5 Å². The zero-order valence-corrected chi connectivity index (χ0v) is 9.03. The molecular weight excluding hydrogens is 200 g/mol. The summed E-state index contributed by atoms with van der Waals surface area (Å²) in [6.45, 7) is 1.85. The maximum absolute atomic E-state index is 11.4. The van der Waals surface area contributed by atoms with Gasteiger partial charge in [0.25, 0.3) is 5.56 Å². The number of aryl methyl sites for hydroxylation is 1. The molecule has 0 saturated carbocycles. The second-order valence-electron chi connectivity index (χ2n) is 4.23. The van der Waals surface area contributed by atoms with Gasteiger partial charge in [0.05, 0.1) is 0 Å².